The number of allylic oxidation sites excluding steroid dienone is 1. The van der Waals surface area contributed by atoms with Gasteiger partial charge in [0.1, 0.15) is 13.3 Å². The van der Waals surface area contributed by atoms with Gasteiger partial charge in [-0.2, -0.15) is 0 Å². The molecule has 0 unspecified atom stereocenters. The average Bonchev–Trinajstić information content (AvgIpc) is 2.68. The fourth-order valence-corrected chi connectivity index (χ4v) is 2.07. The topological polar surface area (TPSA) is 15.0 Å². The van der Waals surface area contributed by atoms with Gasteiger partial charge in [0.05, 0.1) is 0 Å². The normalized spacial score (nSPS) is 22.4. The smallest absolute Gasteiger partial charge is 0.162 e. The summed E-state index contributed by atoms with van der Waals surface area (Å²) in [5, 5.41) is 3.44. The Hall–Kier alpha value is -0.790. The first-order chi connectivity index (χ1) is 7.72. The molecule has 1 heterocycles. The minimum Gasteiger partial charge on any atom is -0.388 e. The largest absolute Gasteiger partial charge is 0.388 e. The Bertz CT molecular complexity index is 243. The molecule has 1 atom stereocenters. The predicted octanol–water partition coefficient (Wildman–Crippen LogP) is 2.79. The van der Waals surface area contributed by atoms with Gasteiger partial charge >= 0.3 is 0 Å². The maximum absolute atomic E-state index is 4.08. The van der Waals surface area contributed by atoms with Crippen molar-refractivity contribution >= 4 is 6.72 Å². The predicted molar refractivity (Wildman–Crippen MR) is 71.1 cm³/mol. The van der Waals surface area contributed by atoms with Gasteiger partial charge in [0.25, 0.3) is 0 Å². The molecule has 92 valence electrons. The Morgan fingerprint density at radius 2 is 2.25 bits per heavy atom. The maximum Gasteiger partial charge on any atom is 0.162 e. The molecule has 1 N–H and O–H groups in total. The van der Waals surface area contributed by atoms with Gasteiger partial charge in [-0.05, 0) is 24.8 Å². The highest BCUT2D eigenvalue weighted by atomic mass is 15.0. The van der Waals surface area contributed by atoms with Crippen LogP contribution in [0.5, 0.6) is 0 Å². The summed E-state index contributed by atoms with van der Waals surface area (Å²) in [6.07, 6.45) is 8.80. The zero-order chi connectivity index (χ0) is 11.8. The molecule has 2 nitrogen and oxygen atoms in total. The molecule has 1 aliphatic heterocycles. The van der Waals surface area contributed by atoms with Crippen LogP contribution in [0.15, 0.2) is 11.8 Å². The van der Waals surface area contributed by atoms with Crippen LogP contribution in [0.2, 0.25) is 0 Å². The van der Waals surface area contributed by atoms with Gasteiger partial charge < -0.3 is 5.32 Å². The third-order valence-electron chi connectivity index (χ3n) is 3.17. The third kappa shape index (κ3) is 5.34. The minimum atomic E-state index is 0.800. The average molecular weight is 223 g/mol. The van der Waals surface area contributed by atoms with E-state index in [9.17, 15) is 0 Å². The molecular formula is C14H27N2+. The van der Waals surface area contributed by atoms with Crippen LogP contribution >= 0.6 is 0 Å². The molecule has 2 heteroatoms. The molecule has 0 amide bonds. The Labute approximate surface area is 100 Å². The summed E-state index contributed by atoms with van der Waals surface area (Å²) in [5.74, 6) is 0.800. The highest BCUT2D eigenvalue weighted by Crippen LogP contribution is 2.15. The van der Waals surface area contributed by atoms with Crippen molar-refractivity contribution in [3.63, 3.8) is 0 Å². The molecule has 0 bridgehead atoms. The van der Waals surface area contributed by atoms with Gasteiger partial charge in [-0.15, -0.1) is 0 Å². The van der Waals surface area contributed by atoms with Crippen LogP contribution in [-0.2, 0) is 0 Å². The summed E-state index contributed by atoms with van der Waals surface area (Å²) in [6.45, 7) is 11.9. The van der Waals surface area contributed by atoms with Crippen LogP contribution in [0.25, 0.3) is 0 Å². The summed E-state index contributed by atoms with van der Waals surface area (Å²) in [7, 11) is 0. The number of nitrogens with one attached hydrogen (secondary N) is 1. The van der Waals surface area contributed by atoms with Crippen molar-refractivity contribution in [2.24, 2.45) is 5.92 Å². The third-order valence-corrected chi connectivity index (χ3v) is 3.17. The van der Waals surface area contributed by atoms with E-state index in [1.807, 2.05) is 0 Å². The second kappa shape index (κ2) is 7.48. The molecule has 0 aromatic rings. The van der Waals surface area contributed by atoms with E-state index in [1.54, 1.807) is 0 Å². The Kier molecular flexibility index (Phi) is 6.20. The maximum atomic E-state index is 4.08. The van der Waals surface area contributed by atoms with Gasteiger partial charge in [-0.25, -0.2) is 4.58 Å². The van der Waals surface area contributed by atoms with E-state index in [0.717, 1.165) is 25.6 Å². The van der Waals surface area contributed by atoms with Crippen LogP contribution in [0.3, 0.4) is 0 Å². The first-order valence-corrected chi connectivity index (χ1v) is 6.70. The van der Waals surface area contributed by atoms with Crippen molar-refractivity contribution in [2.45, 2.75) is 46.0 Å². The highest BCUT2D eigenvalue weighted by molar-refractivity contribution is 5.15. The van der Waals surface area contributed by atoms with Crippen LogP contribution in [0, 0.1) is 5.92 Å². The highest BCUT2D eigenvalue weighted by Gasteiger charge is 2.13. The number of hydrogen-bond acceptors (Lipinski definition) is 1. The molecule has 0 aromatic heterocycles. The quantitative estimate of drug-likeness (QED) is 0.398. The fraction of sp³-hybridized carbons (Fsp3) is 0.786. The number of rotatable bonds is 7. The SMILES string of the molecule is C=[N+](C/C=C1/C[C@@H](C)CN1)CCCCCC. The van der Waals surface area contributed by atoms with Gasteiger partial charge in [0.2, 0.25) is 0 Å². The number of nitrogens with zero attached hydrogens (tertiary/aromatic N) is 1. The number of unbranched alkanes of at least 4 members (excludes halogenated alkanes) is 3. The van der Waals surface area contributed by atoms with Crippen molar-refractivity contribution in [2.75, 3.05) is 19.6 Å². The summed E-state index contributed by atoms with van der Waals surface area (Å²) < 4.78 is 2.17. The Balaban J connectivity index is 2.10. The van der Waals surface area contributed by atoms with E-state index in [2.05, 4.69) is 36.5 Å². The van der Waals surface area contributed by atoms with Gasteiger partial charge in [-0.3, -0.25) is 0 Å². The summed E-state index contributed by atoms with van der Waals surface area (Å²) in [5.41, 5.74) is 1.41. The molecule has 1 fully saturated rings. The van der Waals surface area contributed by atoms with Crippen molar-refractivity contribution in [1.29, 1.82) is 0 Å². The van der Waals surface area contributed by atoms with E-state index < -0.39 is 0 Å². The van der Waals surface area contributed by atoms with E-state index in [-0.39, 0.29) is 0 Å². The lowest BCUT2D eigenvalue weighted by Crippen LogP contribution is -2.13. The standard InChI is InChI=1S/C14H27N2/c1-4-5-6-7-9-16(3)10-8-14-11-13(2)12-15-14/h8,13,15H,3-7,9-12H2,1-2H3/q+1/b14-8-/t13-/m1/s1. The molecule has 0 aromatic carbocycles. The molecule has 0 radical (unpaired) electrons. The molecule has 1 rings (SSSR count). The molecule has 1 aliphatic rings. The van der Waals surface area contributed by atoms with Crippen LogP contribution < -0.4 is 5.32 Å². The molecule has 16 heavy (non-hydrogen) atoms. The minimum absolute atomic E-state index is 0.800. The van der Waals surface area contributed by atoms with Crippen molar-refractivity contribution in [1.82, 2.24) is 5.32 Å². The molecule has 1 saturated heterocycles. The summed E-state index contributed by atoms with van der Waals surface area (Å²) in [6, 6.07) is 0. The van der Waals surface area contributed by atoms with Gasteiger partial charge in [-0.1, -0.05) is 26.7 Å². The Morgan fingerprint density at radius 1 is 1.44 bits per heavy atom. The van der Waals surface area contributed by atoms with E-state index in [1.165, 1.54) is 37.8 Å². The van der Waals surface area contributed by atoms with Crippen molar-refractivity contribution in [3.05, 3.63) is 11.8 Å². The molecular weight excluding hydrogens is 196 g/mol. The van der Waals surface area contributed by atoms with Crippen LogP contribution in [-0.4, -0.2) is 30.9 Å². The second-order valence-electron chi connectivity index (χ2n) is 5.06. The lowest BCUT2D eigenvalue weighted by atomic mass is 10.1. The summed E-state index contributed by atoms with van der Waals surface area (Å²) in [4.78, 5) is 0. The lowest BCUT2D eigenvalue weighted by molar-refractivity contribution is -0.509. The first kappa shape index (κ1) is 13.3. The molecule has 0 aliphatic carbocycles. The molecule has 0 saturated carbocycles. The lowest BCUT2D eigenvalue weighted by Gasteiger charge is -2.01. The van der Waals surface area contributed by atoms with E-state index >= 15 is 0 Å². The zero-order valence-corrected chi connectivity index (χ0v) is 11.0. The van der Waals surface area contributed by atoms with E-state index in [4.69, 9.17) is 0 Å². The van der Waals surface area contributed by atoms with Crippen molar-refractivity contribution in [3.8, 4) is 0 Å². The van der Waals surface area contributed by atoms with Gasteiger partial charge in [0, 0.05) is 18.7 Å². The van der Waals surface area contributed by atoms with Crippen LogP contribution in [0.4, 0.5) is 0 Å². The molecule has 0 spiro atoms. The van der Waals surface area contributed by atoms with Crippen LogP contribution in [0.1, 0.15) is 46.0 Å². The summed E-state index contributed by atoms with van der Waals surface area (Å²) >= 11 is 0. The van der Waals surface area contributed by atoms with Crippen molar-refractivity contribution < 1.29 is 4.58 Å². The fourth-order valence-electron chi connectivity index (χ4n) is 2.07. The van der Waals surface area contributed by atoms with E-state index in [0.29, 0.717) is 0 Å². The monoisotopic (exact) mass is 223 g/mol. The van der Waals surface area contributed by atoms with Gasteiger partial charge in [0.15, 0.2) is 6.54 Å². The second-order valence-corrected chi connectivity index (χ2v) is 5.06. The number of hydrogen-bond donors (Lipinski definition) is 1. The Morgan fingerprint density at radius 3 is 2.88 bits per heavy atom. The zero-order valence-electron chi connectivity index (χ0n) is 11.0. The first-order valence-electron chi connectivity index (χ1n) is 6.70.